The van der Waals surface area contributed by atoms with Gasteiger partial charge in [0.15, 0.2) is 9.84 Å². The Balaban J connectivity index is 2.36. The number of halogens is 3. The first-order chi connectivity index (χ1) is 8.88. The predicted molar refractivity (Wildman–Crippen MR) is 68.7 cm³/mol. The van der Waals surface area contributed by atoms with E-state index in [-0.39, 0.29) is 15.5 Å². The molecule has 0 fully saturated rings. The smallest absolute Gasteiger partial charge is 0.182 e. The molecule has 0 saturated heterocycles. The Bertz CT molecular complexity index is 714. The standard InChI is InChI=1S/C13H9ClF2O2S/c14-10-5-4-9(13(16)6-10)8-19(17,18)12-3-1-2-11(15)7-12/h1-7H,8H2. The molecule has 2 rings (SSSR count). The minimum atomic E-state index is -3.79. The molecule has 0 radical (unpaired) electrons. The van der Waals surface area contributed by atoms with Crippen molar-refractivity contribution in [2.24, 2.45) is 0 Å². The molecule has 0 bridgehead atoms. The Morgan fingerprint density at radius 3 is 2.42 bits per heavy atom. The second-order valence-electron chi connectivity index (χ2n) is 3.95. The van der Waals surface area contributed by atoms with Crippen LogP contribution >= 0.6 is 11.6 Å². The lowest BCUT2D eigenvalue weighted by atomic mass is 10.2. The molecule has 0 heterocycles. The third-order valence-corrected chi connectivity index (χ3v) is 4.41. The molecule has 0 atom stereocenters. The zero-order valence-electron chi connectivity index (χ0n) is 9.61. The number of hydrogen-bond acceptors (Lipinski definition) is 2. The fourth-order valence-corrected chi connectivity index (χ4v) is 3.13. The minimum absolute atomic E-state index is 0.00587. The maximum atomic E-state index is 13.6. The molecule has 0 aromatic heterocycles. The fraction of sp³-hybridized carbons (Fsp3) is 0.0769. The van der Waals surface area contributed by atoms with Crippen LogP contribution in [0.1, 0.15) is 5.56 Å². The van der Waals surface area contributed by atoms with Crippen LogP contribution in [-0.2, 0) is 15.6 Å². The van der Waals surface area contributed by atoms with Crippen molar-refractivity contribution in [3.63, 3.8) is 0 Å². The normalized spacial score (nSPS) is 11.5. The predicted octanol–water partition coefficient (Wildman–Crippen LogP) is 3.59. The van der Waals surface area contributed by atoms with Crippen LogP contribution in [0.15, 0.2) is 47.4 Å². The van der Waals surface area contributed by atoms with Crippen LogP contribution < -0.4 is 0 Å². The second-order valence-corrected chi connectivity index (χ2v) is 6.38. The van der Waals surface area contributed by atoms with Crippen LogP contribution in [-0.4, -0.2) is 8.42 Å². The van der Waals surface area contributed by atoms with Crippen molar-refractivity contribution in [2.45, 2.75) is 10.6 Å². The van der Waals surface area contributed by atoms with Crippen molar-refractivity contribution < 1.29 is 17.2 Å². The van der Waals surface area contributed by atoms with Crippen molar-refractivity contribution in [2.75, 3.05) is 0 Å². The monoisotopic (exact) mass is 302 g/mol. The summed E-state index contributed by atoms with van der Waals surface area (Å²) in [5, 5.41) is 0.185. The van der Waals surface area contributed by atoms with Crippen LogP contribution in [0.25, 0.3) is 0 Å². The molecule has 0 amide bonds. The molecule has 2 nitrogen and oxygen atoms in total. The lowest BCUT2D eigenvalue weighted by molar-refractivity contribution is 0.583. The topological polar surface area (TPSA) is 34.1 Å². The molecule has 0 aliphatic carbocycles. The van der Waals surface area contributed by atoms with Crippen molar-refractivity contribution in [1.29, 1.82) is 0 Å². The van der Waals surface area contributed by atoms with Crippen molar-refractivity contribution >= 4 is 21.4 Å². The van der Waals surface area contributed by atoms with Crippen LogP contribution in [0.3, 0.4) is 0 Å². The first kappa shape index (κ1) is 14.0. The first-order valence-corrected chi connectivity index (χ1v) is 7.34. The summed E-state index contributed by atoms with van der Waals surface area (Å²) in [7, 11) is -3.79. The van der Waals surface area contributed by atoms with Gasteiger partial charge in [-0.1, -0.05) is 23.7 Å². The van der Waals surface area contributed by atoms with Crippen molar-refractivity contribution in [3.05, 3.63) is 64.7 Å². The zero-order chi connectivity index (χ0) is 14.0. The summed E-state index contributed by atoms with van der Waals surface area (Å²) < 4.78 is 50.6. The van der Waals surface area contributed by atoms with Gasteiger partial charge in [-0.25, -0.2) is 17.2 Å². The summed E-state index contributed by atoms with van der Waals surface area (Å²) in [6.07, 6.45) is 0. The zero-order valence-corrected chi connectivity index (χ0v) is 11.2. The summed E-state index contributed by atoms with van der Waals surface area (Å²) in [6, 6.07) is 8.35. The minimum Gasteiger partial charge on any atom is -0.223 e. The molecule has 100 valence electrons. The van der Waals surface area contributed by atoms with E-state index in [9.17, 15) is 17.2 Å². The van der Waals surface area contributed by atoms with E-state index < -0.39 is 27.2 Å². The van der Waals surface area contributed by atoms with Gasteiger partial charge in [0, 0.05) is 10.6 Å². The van der Waals surface area contributed by atoms with Crippen LogP contribution in [0.2, 0.25) is 5.02 Å². The number of hydrogen-bond donors (Lipinski definition) is 0. The number of rotatable bonds is 3. The Labute approximate surface area is 114 Å². The summed E-state index contributed by atoms with van der Waals surface area (Å²) >= 11 is 5.59. The molecule has 0 saturated carbocycles. The van der Waals surface area contributed by atoms with Gasteiger partial charge < -0.3 is 0 Å². The molecular weight excluding hydrogens is 294 g/mol. The molecule has 6 heteroatoms. The molecule has 0 unspecified atom stereocenters. The number of sulfone groups is 1. The second kappa shape index (κ2) is 5.27. The Kier molecular flexibility index (Phi) is 3.87. The van der Waals surface area contributed by atoms with E-state index in [0.717, 1.165) is 18.2 Å². The maximum Gasteiger partial charge on any atom is 0.182 e. The third-order valence-electron chi connectivity index (χ3n) is 2.52. The van der Waals surface area contributed by atoms with E-state index in [1.54, 1.807) is 0 Å². The van der Waals surface area contributed by atoms with Gasteiger partial charge in [-0.3, -0.25) is 0 Å². The lowest BCUT2D eigenvalue weighted by Gasteiger charge is -2.06. The van der Waals surface area contributed by atoms with E-state index in [4.69, 9.17) is 11.6 Å². The maximum absolute atomic E-state index is 13.6. The first-order valence-electron chi connectivity index (χ1n) is 5.31. The van der Waals surface area contributed by atoms with Gasteiger partial charge in [-0.05, 0) is 30.3 Å². The molecule has 0 N–H and O–H groups in total. The van der Waals surface area contributed by atoms with E-state index in [1.807, 2.05) is 0 Å². The molecule has 0 aliphatic heterocycles. The van der Waals surface area contributed by atoms with Crippen molar-refractivity contribution in [1.82, 2.24) is 0 Å². The number of benzene rings is 2. The molecule has 0 aliphatic rings. The van der Waals surface area contributed by atoms with E-state index in [0.29, 0.717) is 0 Å². The van der Waals surface area contributed by atoms with E-state index >= 15 is 0 Å². The van der Waals surface area contributed by atoms with Crippen molar-refractivity contribution in [3.8, 4) is 0 Å². The van der Waals surface area contributed by atoms with E-state index in [2.05, 4.69) is 0 Å². The van der Waals surface area contributed by atoms with Gasteiger partial charge in [0.2, 0.25) is 0 Å². The SMILES string of the molecule is O=S(=O)(Cc1ccc(Cl)cc1F)c1cccc(F)c1. The Morgan fingerprint density at radius 1 is 1.05 bits per heavy atom. The molecule has 19 heavy (non-hydrogen) atoms. The summed E-state index contributed by atoms with van der Waals surface area (Å²) in [5.41, 5.74) is -0.00587. The van der Waals surface area contributed by atoms with E-state index in [1.165, 1.54) is 24.3 Å². The Morgan fingerprint density at radius 2 is 1.79 bits per heavy atom. The molecule has 0 spiro atoms. The molecule has 2 aromatic carbocycles. The van der Waals surface area contributed by atoms with Gasteiger partial charge >= 0.3 is 0 Å². The molecular formula is C13H9ClF2O2S. The highest BCUT2D eigenvalue weighted by Gasteiger charge is 2.18. The molecule has 2 aromatic rings. The third kappa shape index (κ3) is 3.30. The average Bonchev–Trinajstić information content (AvgIpc) is 2.33. The summed E-state index contributed by atoms with van der Waals surface area (Å²) in [4.78, 5) is -0.179. The van der Waals surface area contributed by atoms with Gasteiger partial charge in [0.1, 0.15) is 11.6 Å². The van der Waals surface area contributed by atoms with Crippen LogP contribution in [0, 0.1) is 11.6 Å². The van der Waals surface area contributed by atoms with Crippen LogP contribution in [0.5, 0.6) is 0 Å². The van der Waals surface area contributed by atoms with Gasteiger partial charge in [-0.2, -0.15) is 0 Å². The quantitative estimate of drug-likeness (QED) is 0.868. The lowest BCUT2D eigenvalue weighted by Crippen LogP contribution is -2.06. The average molecular weight is 303 g/mol. The van der Waals surface area contributed by atoms with Gasteiger partial charge in [0.25, 0.3) is 0 Å². The highest BCUT2D eigenvalue weighted by molar-refractivity contribution is 7.90. The fourth-order valence-electron chi connectivity index (χ4n) is 1.59. The highest BCUT2D eigenvalue weighted by atomic mass is 35.5. The Hall–Kier alpha value is -1.46. The summed E-state index contributed by atoms with van der Waals surface area (Å²) in [5.74, 6) is -1.90. The largest absolute Gasteiger partial charge is 0.223 e. The highest BCUT2D eigenvalue weighted by Crippen LogP contribution is 2.21. The van der Waals surface area contributed by atoms with Gasteiger partial charge in [-0.15, -0.1) is 0 Å². The van der Waals surface area contributed by atoms with Crippen LogP contribution in [0.4, 0.5) is 8.78 Å². The van der Waals surface area contributed by atoms with Gasteiger partial charge in [0.05, 0.1) is 10.6 Å². The summed E-state index contributed by atoms with van der Waals surface area (Å²) in [6.45, 7) is 0.